The Morgan fingerprint density at radius 3 is 2.36 bits per heavy atom. The van der Waals surface area contributed by atoms with Crippen LogP contribution in [0.1, 0.15) is 20.9 Å². The minimum atomic E-state index is -0.617. The molecule has 0 aliphatic rings. The zero-order valence-electron chi connectivity index (χ0n) is 12.8. The van der Waals surface area contributed by atoms with Gasteiger partial charge in [-0.25, -0.2) is 4.39 Å². The van der Waals surface area contributed by atoms with Crippen molar-refractivity contribution in [3.05, 3.63) is 82.3 Å². The Morgan fingerprint density at radius 1 is 0.920 bits per heavy atom. The monoisotopic (exact) mass is 402 g/mol. The van der Waals surface area contributed by atoms with E-state index in [0.717, 1.165) is 4.47 Å². The summed E-state index contributed by atoms with van der Waals surface area (Å²) in [5.41, 5.74) is 5.48. The second-order valence-electron chi connectivity index (χ2n) is 5.09. The summed E-state index contributed by atoms with van der Waals surface area (Å²) in [5, 5.41) is 0. The van der Waals surface area contributed by atoms with E-state index in [-0.39, 0.29) is 5.76 Å². The second-order valence-corrected chi connectivity index (χ2v) is 6.01. The van der Waals surface area contributed by atoms with Gasteiger partial charge in [-0.05, 0) is 48.5 Å². The molecule has 2 amide bonds. The number of hydrogen-bond donors (Lipinski definition) is 2. The third-order valence-corrected chi connectivity index (χ3v) is 3.86. The van der Waals surface area contributed by atoms with Crippen LogP contribution in [0.4, 0.5) is 4.39 Å². The lowest BCUT2D eigenvalue weighted by Gasteiger charge is -2.06. The first-order valence-electron chi connectivity index (χ1n) is 7.25. The quantitative estimate of drug-likeness (QED) is 0.652. The summed E-state index contributed by atoms with van der Waals surface area (Å²) in [5.74, 6) is -1.13. The molecule has 7 heteroatoms. The fourth-order valence-electron chi connectivity index (χ4n) is 2.11. The molecule has 1 aromatic heterocycles. The summed E-state index contributed by atoms with van der Waals surface area (Å²) in [6.07, 6.45) is 0. The van der Waals surface area contributed by atoms with Crippen LogP contribution >= 0.6 is 15.9 Å². The second kappa shape index (κ2) is 7.31. The number of carbonyl (C=O) groups excluding carboxylic acids is 2. The van der Waals surface area contributed by atoms with Crippen molar-refractivity contribution in [1.29, 1.82) is 0 Å². The van der Waals surface area contributed by atoms with Gasteiger partial charge >= 0.3 is 5.91 Å². The van der Waals surface area contributed by atoms with Crippen LogP contribution in [0.15, 0.2) is 69.6 Å². The lowest BCUT2D eigenvalue weighted by molar-refractivity contribution is 0.0831. The molecular weight excluding hydrogens is 391 g/mol. The number of hydrazine groups is 1. The minimum Gasteiger partial charge on any atom is -0.451 e. The summed E-state index contributed by atoms with van der Waals surface area (Å²) in [4.78, 5) is 24.0. The largest absolute Gasteiger partial charge is 0.451 e. The lowest BCUT2D eigenvalue weighted by Crippen LogP contribution is -2.41. The lowest BCUT2D eigenvalue weighted by atomic mass is 10.2. The van der Waals surface area contributed by atoms with Crippen LogP contribution in [0.25, 0.3) is 11.3 Å². The number of carbonyl (C=O) groups is 2. The molecule has 1 heterocycles. The van der Waals surface area contributed by atoms with Gasteiger partial charge in [-0.2, -0.15) is 0 Å². The molecule has 0 saturated heterocycles. The molecule has 0 saturated carbocycles. The van der Waals surface area contributed by atoms with E-state index in [1.807, 2.05) is 0 Å². The Balaban J connectivity index is 1.64. The van der Waals surface area contributed by atoms with Crippen molar-refractivity contribution in [2.45, 2.75) is 0 Å². The first-order valence-corrected chi connectivity index (χ1v) is 8.04. The molecule has 0 fully saturated rings. The van der Waals surface area contributed by atoms with Crippen LogP contribution in [-0.4, -0.2) is 11.8 Å². The normalized spacial score (nSPS) is 10.3. The number of nitrogens with one attached hydrogen (secondary N) is 2. The first kappa shape index (κ1) is 16.9. The van der Waals surface area contributed by atoms with Gasteiger partial charge in [0, 0.05) is 15.6 Å². The van der Waals surface area contributed by atoms with E-state index in [2.05, 4.69) is 26.8 Å². The van der Waals surface area contributed by atoms with Crippen LogP contribution < -0.4 is 10.9 Å². The number of amides is 2. The third kappa shape index (κ3) is 4.13. The number of hydrogen-bond acceptors (Lipinski definition) is 3. The Kier molecular flexibility index (Phi) is 4.95. The minimum absolute atomic E-state index is 0.00429. The molecule has 2 aromatic carbocycles. The SMILES string of the molecule is O=C(NNC(=O)c1ccc(-c2cccc(F)c2)o1)c1ccc(Br)cc1. The molecule has 5 nitrogen and oxygen atoms in total. The van der Waals surface area contributed by atoms with Gasteiger partial charge in [0.1, 0.15) is 11.6 Å². The first-order chi connectivity index (χ1) is 12.0. The molecule has 0 radical (unpaired) electrons. The molecule has 0 aliphatic heterocycles. The standard InChI is InChI=1S/C18H12BrFN2O3/c19-13-6-4-11(5-7-13)17(23)21-22-18(24)16-9-8-15(25-16)12-2-1-3-14(20)10-12/h1-10H,(H,21,23)(H,22,24). The zero-order valence-corrected chi connectivity index (χ0v) is 14.3. The highest BCUT2D eigenvalue weighted by Crippen LogP contribution is 2.22. The Bertz CT molecular complexity index is 922. The van der Waals surface area contributed by atoms with Gasteiger partial charge in [-0.3, -0.25) is 20.4 Å². The van der Waals surface area contributed by atoms with Crippen LogP contribution in [0.3, 0.4) is 0 Å². The van der Waals surface area contributed by atoms with E-state index in [9.17, 15) is 14.0 Å². The van der Waals surface area contributed by atoms with E-state index in [0.29, 0.717) is 16.9 Å². The molecule has 0 bridgehead atoms. The highest BCUT2D eigenvalue weighted by Gasteiger charge is 2.14. The average molecular weight is 403 g/mol. The fourth-order valence-corrected chi connectivity index (χ4v) is 2.37. The van der Waals surface area contributed by atoms with Crippen molar-refractivity contribution >= 4 is 27.7 Å². The maximum absolute atomic E-state index is 13.2. The molecule has 0 atom stereocenters. The number of furan rings is 1. The molecular formula is C18H12BrFN2O3. The number of benzene rings is 2. The van der Waals surface area contributed by atoms with Crippen molar-refractivity contribution in [1.82, 2.24) is 10.9 Å². The van der Waals surface area contributed by atoms with Gasteiger partial charge in [-0.1, -0.05) is 28.1 Å². The van der Waals surface area contributed by atoms with E-state index < -0.39 is 17.6 Å². The topological polar surface area (TPSA) is 71.3 Å². The fraction of sp³-hybridized carbons (Fsp3) is 0. The van der Waals surface area contributed by atoms with E-state index in [1.54, 1.807) is 42.5 Å². The van der Waals surface area contributed by atoms with Crippen LogP contribution in [0.2, 0.25) is 0 Å². The van der Waals surface area contributed by atoms with Gasteiger partial charge in [0.15, 0.2) is 5.76 Å². The van der Waals surface area contributed by atoms with Crippen molar-refractivity contribution < 1.29 is 18.4 Å². The highest BCUT2D eigenvalue weighted by molar-refractivity contribution is 9.10. The predicted molar refractivity (Wildman–Crippen MR) is 93.2 cm³/mol. The van der Waals surface area contributed by atoms with Crippen LogP contribution in [-0.2, 0) is 0 Å². The van der Waals surface area contributed by atoms with Crippen molar-refractivity contribution in [2.75, 3.05) is 0 Å². The summed E-state index contributed by atoms with van der Waals surface area (Å²) in [7, 11) is 0. The summed E-state index contributed by atoms with van der Waals surface area (Å²) in [6.45, 7) is 0. The predicted octanol–water partition coefficient (Wildman–Crippen LogP) is 3.92. The Morgan fingerprint density at radius 2 is 1.64 bits per heavy atom. The third-order valence-electron chi connectivity index (χ3n) is 3.33. The van der Waals surface area contributed by atoms with Gasteiger partial charge < -0.3 is 4.42 Å². The summed E-state index contributed by atoms with van der Waals surface area (Å²) < 4.78 is 19.5. The van der Waals surface area contributed by atoms with Crippen molar-refractivity contribution in [3.63, 3.8) is 0 Å². The molecule has 2 N–H and O–H groups in total. The maximum Gasteiger partial charge on any atom is 0.305 e. The van der Waals surface area contributed by atoms with Crippen LogP contribution in [0.5, 0.6) is 0 Å². The zero-order chi connectivity index (χ0) is 17.8. The Hall–Kier alpha value is -2.93. The maximum atomic E-state index is 13.2. The smallest absolute Gasteiger partial charge is 0.305 e. The molecule has 3 rings (SSSR count). The summed E-state index contributed by atoms with van der Waals surface area (Å²) in [6, 6.07) is 15.5. The van der Waals surface area contributed by atoms with Crippen molar-refractivity contribution in [2.24, 2.45) is 0 Å². The van der Waals surface area contributed by atoms with E-state index in [4.69, 9.17) is 4.42 Å². The molecule has 0 spiro atoms. The molecule has 0 aliphatic carbocycles. The molecule has 25 heavy (non-hydrogen) atoms. The van der Waals surface area contributed by atoms with Gasteiger partial charge in [0.2, 0.25) is 0 Å². The van der Waals surface area contributed by atoms with E-state index >= 15 is 0 Å². The number of rotatable bonds is 3. The van der Waals surface area contributed by atoms with Gasteiger partial charge in [0.25, 0.3) is 5.91 Å². The van der Waals surface area contributed by atoms with E-state index in [1.165, 1.54) is 18.2 Å². The number of halogens is 2. The van der Waals surface area contributed by atoms with Gasteiger partial charge in [0.05, 0.1) is 0 Å². The highest BCUT2D eigenvalue weighted by atomic mass is 79.9. The molecule has 126 valence electrons. The average Bonchev–Trinajstić information content (AvgIpc) is 3.10. The summed E-state index contributed by atoms with van der Waals surface area (Å²) >= 11 is 3.28. The van der Waals surface area contributed by atoms with Gasteiger partial charge in [-0.15, -0.1) is 0 Å². The van der Waals surface area contributed by atoms with Crippen molar-refractivity contribution in [3.8, 4) is 11.3 Å². The Labute approximate surface area is 150 Å². The van der Waals surface area contributed by atoms with Crippen LogP contribution in [0, 0.1) is 5.82 Å². The molecule has 0 unspecified atom stereocenters. The molecule has 3 aromatic rings.